The largest absolute Gasteiger partial charge is 0.421 e. The fourth-order valence-corrected chi connectivity index (χ4v) is 2.97. The summed E-state index contributed by atoms with van der Waals surface area (Å²) in [6.07, 6.45) is -11.7. The second kappa shape index (κ2) is 6.88. The third-order valence-corrected chi connectivity index (χ3v) is 4.64. The first-order chi connectivity index (χ1) is 13.7. The van der Waals surface area contributed by atoms with Crippen molar-refractivity contribution in [1.29, 1.82) is 0 Å². The zero-order valence-electron chi connectivity index (χ0n) is 14.7. The molecule has 3 rings (SSSR count). The summed E-state index contributed by atoms with van der Waals surface area (Å²) >= 11 is 0. The molecular weight excluding hydrogens is 424 g/mol. The third kappa shape index (κ3) is 3.37. The molecule has 3 nitrogen and oxygen atoms in total. The molecule has 0 spiro atoms. The molecule has 0 amide bonds. The molecule has 0 bridgehead atoms. The van der Waals surface area contributed by atoms with Crippen molar-refractivity contribution in [2.45, 2.75) is 23.6 Å². The number of alkyl halides is 6. The first kappa shape index (κ1) is 21.9. The van der Waals surface area contributed by atoms with E-state index in [1.54, 1.807) is 0 Å². The highest BCUT2D eigenvalue weighted by atomic mass is 19.4. The SMILES string of the molecule is NC(C1=NC(O)(c2ccc(F)cc2)C(c2ccc(F)cc2)=C1)(C(F)(F)F)C(F)(F)F. The van der Waals surface area contributed by atoms with Gasteiger partial charge in [-0.15, -0.1) is 0 Å². The molecule has 1 heterocycles. The van der Waals surface area contributed by atoms with Gasteiger partial charge in [-0.05, 0) is 35.9 Å². The van der Waals surface area contributed by atoms with E-state index < -0.39 is 46.5 Å². The van der Waals surface area contributed by atoms with Crippen LogP contribution in [0.1, 0.15) is 11.1 Å². The van der Waals surface area contributed by atoms with Gasteiger partial charge in [-0.2, -0.15) is 26.3 Å². The minimum Gasteiger partial charge on any atom is -0.362 e. The van der Waals surface area contributed by atoms with Gasteiger partial charge in [-0.25, -0.2) is 13.8 Å². The lowest BCUT2D eigenvalue weighted by Crippen LogP contribution is -2.68. The lowest BCUT2D eigenvalue weighted by Gasteiger charge is -2.33. The average molecular weight is 436 g/mol. The summed E-state index contributed by atoms with van der Waals surface area (Å²) in [6, 6.07) is 7.42. The van der Waals surface area contributed by atoms with E-state index in [1.165, 1.54) is 0 Å². The number of benzene rings is 2. The van der Waals surface area contributed by atoms with Gasteiger partial charge in [0.1, 0.15) is 11.6 Å². The van der Waals surface area contributed by atoms with E-state index in [0.29, 0.717) is 6.08 Å². The molecular formula is C19H12F8N2O. The molecule has 160 valence electrons. The van der Waals surface area contributed by atoms with Crippen molar-refractivity contribution in [1.82, 2.24) is 0 Å². The summed E-state index contributed by atoms with van der Waals surface area (Å²) in [7, 11) is 0. The van der Waals surface area contributed by atoms with Crippen LogP contribution < -0.4 is 5.73 Å². The number of hydrogen-bond acceptors (Lipinski definition) is 3. The van der Waals surface area contributed by atoms with E-state index in [1.807, 2.05) is 0 Å². The molecule has 30 heavy (non-hydrogen) atoms. The van der Waals surface area contributed by atoms with Crippen molar-refractivity contribution < 1.29 is 40.2 Å². The van der Waals surface area contributed by atoms with Crippen LogP contribution in [0.5, 0.6) is 0 Å². The van der Waals surface area contributed by atoms with Crippen LogP contribution in [-0.4, -0.2) is 28.7 Å². The van der Waals surface area contributed by atoms with Gasteiger partial charge in [0.2, 0.25) is 5.72 Å². The Morgan fingerprint density at radius 1 is 0.767 bits per heavy atom. The second-order valence-corrected chi connectivity index (χ2v) is 6.54. The molecule has 2 aromatic rings. The van der Waals surface area contributed by atoms with Gasteiger partial charge in [0.25, 0.3) is 5.54 Å². The number of rotatable bonds is 3. The number of aliphatic imine (C=N–C) groups is 1. The molecule has 0 radical (unpaired) electrons. The molecule has 1 unspecified atom stereocenters. The summed E-state index contributed by atoms with van der Waals surface area (Å²) in [6.45, 7) is 0. The Morgan fingerprint density at radius 3 is 1.63 bits per heavy atom. The molecule has 0 fully saturated rings. The fraction of sp³-hybridized carbons (Fsp3) is 0.211. The number of nitrogens with zero attached hydrogens (tertiary/aromatic N) is 1. The van der Waals surface area contributed by atoms with E-state index >= 15 is 0 Å². The molecule has 0 aromatic heterocycles. The van der Waals surface area contributed by atoms with Crippen LogP contribution in [0.25, 0.3) is 5.57 Å². The van der Waals surface area contributed by atoms with Gasteiger partial charge in [-0.3, -0.25) is 0 Å². The highest BCUT2D eigenvalue weighted by molar-refractivity contribution is 6.12. The molecule has 0 saturated carbocycles. The van der Waals surface area contributed by atoms with Crippen molar-refractivity contribution in [2.24, 2.45) is 10.7 Å². The molecule has 1 atom stereocenters. The molecule has 3 N–H and O–H groups in total. The number of hydrogen-bond donors (Lipinski definition) is 2. The number of halogens is 8. The van der Waals surface area contributed by atoms with Crippen LogP contribution in [-0.2, 0) is 5.72 Å². The molecule has 0 saturated heterocycles. The topological polar surface area (TPSA) is 58.6 Å². The zero-order valence-corrected chi connectivity index (χ0v) is 14.7. The molecule has 2 aromatic carbocycles. The van der Waals surface area contributed by atoms with Gasteiger partial charge >= 0.3 is 12.4 Å². The third-order valence-electron chi connectivity index (χ3n) is 4.64. The molecule has 0 aliphatic carbocycles. The van der Waals surface area contributed by atoms with E-state index in [4.69, 9.17) is 5.73 Å². The van der Waals surface area contributed by atoms with Crippen molar-refractivity contribution in [2.75, 3.05) is 0 Å². The minimum absolute atomic E-state index is 0.117. The van der Waals surface area contributed by atoms with E-state index in [-0.39, 0.29) is 11.1 Å². The Hall–Kier alpha value is -2.79. The maximum Gasteiger partial charge on any atom is 0.421 e. The Bertz CT molecular complexity index is 993. The summed E-state index contributed by atoms with van der Waals surface area (Å²) in [5, 5.41) is 11.0. The van der Waals surface area contributed by atoms with Crippen LogP contribution in [0.4, 0.5) is 35.1 Å². The Morgan fingerprint density at radius 2 is 1.20 bits per heavy atom. The first-order valence-electron chi connectivity index (χ1n) is 8.19. The van der Waals surface area contributed by atoms with Crippen LogP contribution in [0.15, 0.2) is 59.6 Å². The summed E-state index contributed by atoms with van der Waals surface area (Å²) in [5.41, 5.74) is -5.52. The zero-order chi connectivity index (χ0) is 22.5. The van der Waals surface area contributed by atoms with E-state index in [0.717, 1.165) is 48.5 Å². The van der Waals surface area contributed by atoms with Crippen molar-refractivity contribution >= 4 is 11.3 Å². The average Bonchev–Trinajstić information content (AvgIpc) is 2.99. The van der Waals surface area contributed by atoms with E-state index in [9.17, 15) is 40.2 Å². The van der Waals surface area contributed by atoms with Crippen molar-refractivity contribution in [3.8, 4) is 0 Å². The maximum absolute atomic E-state index is 13.4. The first-order valence-corrected chi connectivity index (χ1v) is 8.19. The Kier molecular flexibility index (Phi) is 5.02. The predicted octanol–water partition coefficient (Wildman–Crippen LogP) is 4.47. The predicted molar refractivity (Wildman–Crippen MR) is 91.1 cm³/mol. The normalized spacial score (nSPS) is 20.2. The highest BCUT2D eigenvalue weighted by Crippen LogP contribution is 2.49. The smallest absolute Gasteiger partial charge is 0.362 e. The maximum atomic E-state index is 13.4. The molecule has 1 aliphatic rings. The van der Waals surface area contributed by atoms with Gasteiger partial charge in [-0.1, -0.05) is 24.3 Å². The standard InChI is InChI=1S/C19H12F8N2O/c20-12-5-1-10(2-6-12)14-9-15(17(28,18(22,23)24)19(25,26)27)29-16(14,30)11-3-7-13(21)8-4-11/h1-9,30H,28H2. The summed E-state index contributed by atoms with van der Waals surface area (Å²) < 4.78 is 107. The highest BCUT2D eigenvalue weighted by Gasteiger charge is 2.72. The molecule has 1 aliphatic heterocycles. The van der Waals surface area contributed by atoms with Crippen molar-refractivity contribution in [3.63, 3.8) is 0 Å². The quantitative estimate of drug-likeness (QED) is 0.698. The number of nitrogens with two attached hydrogens (primary N) is 1. The summed E-state index contributed by atoms with van der Waals surface area (Å²) in [4.78, 5) is 3.30. The van der Waals surface area contributed by atoms with Gasteiger partial charge in [0.05, 0.1) is 5.71 Å². The van der Waals surface area contributed by atoms with Crippen molar-refractivity contribution in [3.05, 3.63) is 77.4 Å². The van der Waals surface area contributed by atoms with Gasteiger partial charge in [0, 0.05) is 11.1 Å². The monoisotopic (exact) mass is 436 g/mol. The minimum atomic E-state index is -6.01. The summed E-state index contributed by atoms with van der Waals surface area (Å²) in [5.74, 6) is -1.50. The van der Waals surface area contributed by atoms with Gasteiger partial charge in [0.15, 0.2) is 0 Å². The lowest BCUT2D eigenvalue weighted by atomic mass is 9.88. The van der Waals surface area contributed by atoms with Crippen LogP contribution in [0.3, 0.4) is 0 Å². The van der Waals surface area contributed by atoms with Crippen LogP contribution >= 0.6 is 0 Å². The second-order valence-electron chi connectivity index (χ2n) is 6.54. The Balaban J connectivity index is 2.28. The molecule has 11 heteroatoms. The lowest BCUT2D eigenvalue weighted by molar-refractivity contribution is -0.271. The number of aliphatic hydroxyl groups is 1. The van der Waals surface area contributed by atoms with Crippen LogP contribution in [0.2, 0.25) is 0 Å². The van der Waals surface area contributed by atoms with Gasteiger partial charge < -0.3 is 10.8 Å². The van der Waals surface area contributed by atoms with E-state index in [2.05, 4.69) is 4.99 Å². The Labute approximate surface area is 164 Å². The van der Waals surface area contributed by atoms with Crippen LogP contribution in [0, 0.1) is 11.6 Å². The fourth-order valence-electron chi connectivity index (χ4n) is 2.97.